The Bertz CT molecular complexity index is 1030. The Hall–Kier alpha value is -2.89. The minimum absolute atomic E-state index is 0.0129. The van der Waals surface area contributed by atoms with Gasteiger partial charge in [-0.3, -0.25) is 4.79 Å². The quantitative estimate of drug-likeness (QED) is 0.736. The van der Waals surface area contributed by atoms with Crippen molar-refractivity contribution in [3.63, 3.8) is 0 Å². The summed E-state index contributed by atoms with van der Waals surface area (Å²) >= 11 is 0. The van der Waals surface area contributed by atoms with Gasteiger partial charge in [-0.05, 0) is 60.8 Å². The SMILES string of the molecule is Cc1ccc2c(c1)-n1cnc(C=C3C(=O)N(C(=O)O)CCC3C(C)(C)C)c1CC2. The summed E-state index contributed by atoms with van der Waals surface area (Å²) in [5.74, 6) is -0.432. The Kier molecular flexibility index (Phi) is 4.60. The molecule has 1 aromatic carbocycles. The summed E-state index contributed by atoms with van der Waals surface area (Å²) in [6.07, 6.45) is 4.85. The zero-order chi connectivity index (χ0) is 20.9. The van der Waals surface area contributed by atoms with Crippen LogP contribution in [-0.4, -0.2) is 38.1 Å². The zero-order valence-electron chi connectivity index (χ0n) is 17.4. The molecule has 29 heavy (non-hydrogen) atoms. The fourth-order valence-electron chi connectivity index (χ4n) is 4.54. The maximum atomic E-state index is 13.0. The van der Waals surface area contributed by atoms with Gasteiger partial charge in [0.1, 0.15) is 6.33 Å². The monoisotopic (exact) mass is 393 g/mol. The number of carbonyl (C=O) groups is 2. The summed E-state index contributed by atoms with van der Waals surface area (Å²) in [6.45, 7) is 8.59. The van der Waals surface area contributed by atoms with E-state index in [0.29, 0.717) is 12.0 Å². The number of rotatable bonds is 1. The first kappa shape index (κ1) is 19.4. The van der Waals surface area contributed by atoms with E-state index in [2.05, 4.69) is 55.4 Å². The van der Waals surface area contributed by atoms with Gasteiger partial charge in [-0.25, -0.2) is 14.7 Å². The largest absolute Gasteiger partial charge is 0.465 e. The van der Waals surface area contributed by atoms with Crippen LogP contribution in [0, 0.1) is 18.3 Å². The van der Waals surface area contributed by atoms with Crippen molar-refractivity contribution in [1.29, 1.82) is 0 Å². The second-order valence-corrected chi connectivity index (χ2v) is 9.13. The molecule has 1 unspecified atom stereocenters. The Morgan fingerprint density at radius 3 is 2.72 bits per heavy atom. The number of nitrogens with zero attached hydrogens (tertiary/aromatic N) is 3. The standard InChI is InChI=1S/C23H27N3O3/c1-14-5-6-15-7-8-19-18(24-13-26(19)20(15)11-14)12-16-17(23(2,3)4)9-10-25(21(16)27)22(28)29/h5-6,11-13,17H,7-10H2,1-4H3,(H,28,29). The molecule has 2 aliphatic heterocycles. The van der Waals surface area contributed by atoms with Gasteiger partial charge in [-0.15, -0.1) is 0 Å². The van der Waals surface area contributed by atoms with E-state index in [-0.39, 0.29) is 17.9 Å². The van der Waals surface area contributed by atoms with Crippen LogP contribution >= 0.6 is 0 Å². The van der Waals surface area contributed by atoms with Crippen LogP contribution in [0.5, 0.6) is 0 Å². The molecule has 1 atom stereocenters. The fourth-order valence-corrected chi connectivity index (χ4v) is 4.54. The summed E-state index contributed by atoms with van der Waals surface area (Å²) in [7, 11) is 0. The molecule has 2 amide bonds. The van der Waals surface area contributed by atoms with Crippen molar-refractivity contribution in [2.24, 2.45) is 11.3 Å². The van der Waals surface area contributed by atoms with Crippen LogP contribution in [0.1, 0.15) is 49.7 Å². The second-order valence-electron chi connectivity index (χ2n) is 9.13. The molecule has 6 nitrogen and oxygen atoms in total. The lowest BCUT2D eigenvalue weighted by Gasteiger charge is -2.38. The number of aromatic nitrogens is 2. The Balaban J connectivity index is 1.80. The molecule has 1 N–H and O–H groups in total. The third-order valence-corrected chi connectivity index (χ3v) is 6.11. The van der Waals surface area contributed by atoms with E-state index in [1.807, 2.05) is 12.4 Å². The predicted molar refractivity (Wildman–Crippen MR) is 111 cm³/mol. The van der Waals surface area contributed by atoms with Gasteiger partial charge in [0, 0.05) is 12.1 Å². The van der Waals surface area contributed by atoms with Crippen LogP contribution in [0.15, 0.2) is 30.1 Å². The van der Waals surface area contributed by atoms with Crippen molar-refractivity contribution in [2.45, 2.75) is 47.0 Å². The molecule has 0 saturated carbocycles. The predicted octanol–water partition coefficient (Wildman–Crippen LogP) is 4.24. The summed E-state index contributed by atoms with van der Waals surface area (Å²) < 4.78 is 2.10. The van der Waals surface area contributed by atoms with Gasteiger partial charge < -0.3 is 9.67 Å². The molecule has 0 bridgehead atoms. The first-order chi connectivity index (χ1) is 13.7. The van der Waals surface area contributed by atoms with Crippen LogP contribution in [0.25, 0.3) is 11.8 Å². The Morgan fingerprint density at radius 2 is 2.03 bits per heavy atom. The normalized spacial score (nSPS) is 20.6. The van der Waals surface area contributed by atoms with Crippen LogP contribution in [0.2, 0.25) is 0 Å². The number of amides is 2. The highest BCUT2D eigenvalue weighted by molar-refractivity contribution is 6.06. The van der Waals surface area contributed by atoms with Gasteiger partial charge in [-0.2, -0.15) is 0 Å². The number of imide groups is 1. The third-order valence-electron chi connectivity index (χ3n) is 6.11. The zero-order valence-corrected chi connectivity index (χ0v) is 17.4. The van der Waals surface area contributed by atoms with E-state index >= 15 is 0 Å². The van der Waals surface area contributed by atoms with Crippen LogP contribution in [-0.2, 0) is 17.6 Å². The first-order valence-corrected chi connectivity index (χ1v) is 10.1. The van der Waals surface area contributed by atoms with Gasteiger partial charge in [0.2, 0.25) is 0 Å². The third kappa shape index (κ3) is 3.37. The minimum Gasteiger partial charge on any atom is -0.465 e. The fraction of sp³-hybridized carbons (Fsp3) is 0.435. The average Bonchev–Trinajstić information content (AvgIpc) is 3.05. The van der Waals surface area contributed by atoms with E-state index < -0.39 is 12.0 Å². The average molecular weight is 393 g/mol. The lowest BCUT2D eigenvalue weighted by molar-refractivity contribution is -0.128. The molecule has 1 saturated heterocycles. The first-order valence-electron chi connectivity index (χ1n) is 10.1. The van der Waals surface area contributed by atoms with E-state index in [1.165, 1.54) is 11.1 Å². The number of carboxylic acid groups (broad SMARTS) is 1. The number of aryl methyl sites for hydroxylation is 2. The number of hydrogen-bond donors (Lipinski definition) is 1. The van der Waals surface area contributed by atoms with E-state index in [9.17, 15) is 14.7 Å². The van der Waals surface area contributed by atoms with Crippen LogP contribution in [0.3, 0.4) is 0 Å². The number of likely N-dealkylation sites (tertiary alicyclic amines) is 1. The molecule has 1 aromatic heterocycles. The lowest BCUT2D eigenvalue weighted by Crippen LogP contribution is -2.46. The summed E-state index contributed by atoms with van der Waals surface area (Å²) in [4.78, 5) is 30.1. The molecule has 2 aliphatic rings. The number of benzene rings is 1. The Morgan fingerprint density at radius 1 is 1.28 bits per heavy atom. The molecule has 0 radical (unpaired) electrons. The van der Waals surface area contributed by atoms with Crippen LogP contribution < -0.4 is 0 Å². The summed E-state index contributed by atoms with van der Waals surface area (Å²) in [5, 5.41) is 9.43. The highest BCUT2D eigenvalue weighted by atomic mass is 16.4. The minimum atomic E-state index is -1.19. The molecule has 2 aromatic rings. The molecule has 3 heterocycles. The topological polar surface area (TPSA) is 75.4 Å². The van der Waals surface area contributed by atoms with Crippen molar-refractivity contribution in [3.8, 4) is 5.69 Å². The summed E-state index contributed by atoms with van der Waals surface area (Å²) in [5.41, 5.74) is 5.86. The van der Waals surface area contributed by atoms with Gasteiger partial charge in [0.05, 0.1) is 17.1 Å². The van der Waals surface area contributed by atoms with Gasteiger partial charge in [0.15, 0.2) is 0 Å². The molecule has 1 fully saturated rings. The molecule has 0 spiro atoms. The molecule has 6 heteroatoms. The summed E-state index contributed by atoms with van der Waals surface area (Å²) in [6, 6.07) is 6.45. The smallest absolute Gasteiger partial charge is 0.414 e. The molecular weight excluding hydrogens is 366 g/mol. The number of fused-ring (bicyclic) bond motifs is 3. The van der Waals surface area contributed by atoms with Crippen molar-refractivity contribution >= 4 is 18.1 Å². The number of carbonyl (C=O) groups excluding carboxylic acids is 1. The molecule has 152 valence electrons. The number of hydrogen-bond acceptors (Lipinski definition) is 3. The highest BCUT2D eigenvalue weighted by Gasteiger charge is 2.40. The van der Waals surface area contributed by atoms with Crippen molar-refractivity contribution < 1.29 is 14.7 Å². The van der Waals surface area contributed by atoms with E-state index in [0.717, 1.165) is 34.8 Å². The van der Waals surface area contributed by atoms with Crippen LogP contribution in [0.4, 0.5) is 4.79 Å². The maximum Gasteiger partial charge on any atom is 0.414 e. The van der Waals surface area contributed by atoms with Crippen molar-refractivity contribution in [3.05, 3.63) is 52.6 Å². The van der Waals surface area contributed by atoms with E-state index in [1.54, 1.807) is 0 Å². The van der Waals surface area contributed by atoms with E-state index in [4.69, 9.17) is 0 Å². The van der Waals surface area contributed by atoms with Gasteiger partial charge in [-0.1, -0.05) is 32.9 Å². The highest BCUT2D eigenvalue weighted by Crippen LogP contribution is 2.40. The molecular formula is C23H27N3O3. The molecule has 0 aliphatic carbocycles. The Labute approximate surface area is 170 Å². The van der Waals surface area contributed by atoms with Crippen molar-refractivity contribution in [1.82, 2.24) is 14.5 Å². The maximum absolute atomic E-state index is 13.0. The number of piperidine rings is 1. The van der Waals surface area contributed by atoms with Crippen molar-refractivity contribution in [2.75, 3.05) is 6.54 Å². The molecule has 4 rings (SSSR count). The van der Waals surface area contributed by atoms with Gasteiger partial charge >= 0.3 is 6.09 Å². The van der Waals surface area contributed by atoms with Gasteiger partial charge in [0.25, 0.3) is 5.91 Å². The second kappa shape index (κ2) is 6.87. The lowest BCUT2D eigenvalue weighted by atomic mass is 9.72. The number of imidazole rings is 1.